The van der Waals surface area contributed by atoms with Crippen molar-refractivity contribution in [3.63, 3.8) is 0 Å². The minimum absolute atomic E-state index is 0.171. The van der Waals surface area contributed by atoms with Crippen molar-refractivity contribution in [1.82, 2.24) is 4.98 Å². The summed E-state index contributed by atoms with van der Waals surface area (Å²) < 4.78 is -0.171. The zero-order valence-corrected chi connectivity index (χ0v) is 15.0. The predicted molar refractivity (Wildman–Crippen MR) is 99.9 cm³/mol. The smallest absolute Gasteiger partial charge is 0.247 e. The molecule has 4 heteroatoms. The van der Waals surface area contributed by atoms with Crippen molar-refractivity contribution in [2.24, 2.45) is 0 Å². The van der Waals surface area contributed by atoms with Crippen LogP contribution < -0.4 is 4.74 Å². The lowest BCUT2D eigenvalue weighted by molar-refractivity contribution is 0.457. The van der Waals surface area contributed by atoms with Crippen LogP contribution in [0.4, 0.5) is 0 Å². The van der Waals surface area contributed by atoms with E-state index in [9.17, 15) is 9.90 Å². The van der Waals surface area contributed by atoms with E-state index in [0.717, 1.165) is 44.7 Å². The van der Waals surface area contributed by atoms with E-state index in [2.05, 4.69) is 4.98 Å². The highest BCUT2D eigenvalue weighted by atomic mass is 32.1. The van der Waals surface area contributed by atoms with Crippen LogP contribution in [0.1, 0.15) is 22.3 Å². The molecular weight excluding hydrogens is 318 g/mol. The minimum Gasteiger partial charge on any atom is -0.493 e. The van der Waals surface area contributed by atoms with Gasteiger partial charge in [-0.1, -0.05) is 53.3 Å². The van der Waals surface area contributed by atoms with E-state index >= 15 is 0 Å². The molecular formula is C20H19NO2S. The van der Waals surface area contributed by atoms with Crippen molar-refractivity contribution < 1.29 is 5.11 Å². The molecule has 0 aliphatic carbocycles. The number of hydrogen-bond acceptors (Lipinski definition) is 4. The molecule has 2 aromatic carbocycles. The predicted octanol–water partition coefficient (Wildman–Crippen LogP) is 4.78. The summed E-state index contributed by atoms with van der Waals surface area (Å²) in [6.45, 7) is 7.89. The summed E-state index contributed by atoms with van der Waals surface area (Å²) in [5.74, 6) is -0.202. The highest BCUT2D eigenvalue weighted by Gasteiger charge is 2.18. The molecule has 0 saturated carbocycles. The van der Waals surface area contributed by atoms with Gasteiger partial charge in [-0.15, -0.1) is 0 Å². The lowest BCUT2D eigenvalue weighted by Crippen LogP contribution is -2.05. The number of nitrogens with zero attached hydrogens (tertiary/aromatic N) is 1. The summed E-state index contributed by atoms with van der Waals surface area (Å²) in [5, 5.41) is 11.0. The number of aryl methyl sites for hydroxylation is 4. The maximum absolute atomic E-state index is 12.8. The zero-order chi connectivity index (χ0) is 17.4. The Bertz CT molecular complexity index is 966. The molecule has 0 bridgehead atoms. The average Bonchev–Trinajstić information content (AvgIpc) is 2.49. The fourth-order valence-corrected chi connectivity index (χ4v) is 4.06. The summed E-state index contributed by atoms with van der Waals surface area (Å²) in [6, 6.07) is 11.8. The topological polar surface area (TPSA) is 50.2 Å². The molecule has 1 N–H and O–H groups in total. The van der Waals surface area contributed by atoms with Crippen LogP contribution in [-0.2, 0) is 0 Å². The molecule has 3 nitrogen and oxygen atoms in total. The van der Waals surface area contributed by atoms with E-state index in [4.69, 9.17) is 0 Å². The Morgan fingerprint density at radius 3 is 2.12 bits per heavy atom. The molecule has 1 heterocycles. The van der Waals surface area contributed by atoms with Gasteiger partial charge in [0.1, 0.15) is 10.6 Å². The van der Waals surface area contributed by atoms with Crippen molar-refractivity contribution in [3.05, 3.63) is 68.2 Å². The Balaban J connectivity index is 2.24. The third kappa shape index (κ3) is 2.85. The lowest BCUT2D eigenvalue weighted by Gasteiger charge is -2.12. The standard InChI is InChI=1S/C20H19NO2S/c1-11-9-13(3)16(14(4)10-11)17-18(22)21-19(24-20(17)23)15-8-6-5-7-12(15)2/h5-10,22H,1-4H3. The van der Waals surface area contributed by atoms with Crippen molar-refractivity contribution in [1.29, 1.82) is 0 Å². The second-order valence-electron chi connectivity index (χ2n) is 6.09. The third-order valence-corrected chi connectivity index (χ3v) is 5.02. The molecule has 122 valence electrons. The highest BCUT2D eigenvalue weighted by Crippen LogP contribution is 2.34. The number of rotatable bonds is 2. The molecule has 0 saturated heterocycles. The van der Waals surface area contributed by atoms with Gasteiger partial charge in [0, 0.05) is 5.56 Å². The van der Waals surface area contributed by atoms with E-state index in [-0.39, 0.29) is 10.6 Å². The van der Waals surface area contributed by atoms with E-state index in [0.29, 0.717) is 10.6 Å². The van der Waals surface area contributed by atoms with Crippen LogP contribution in [-0.4, -0.2) is 10.1 Å². The van der Waals surface area contributed by atoms with Gasteiger partial charge in [-0.2, -0.15) is 0 Å². The van der Waals surface area contributed by atoms with Crippen LogP contribution in [0.3, 0.4) is 0 Å². The largest absolute Gasteiger partial charge is 0.493 e. The van der Waals surface area contributed by atoms with Crippen LogP contribution in [0, 0.1) is 27.7 Å². The van der Waals surface area contributed by atoms with Gasteiger partial charge < -0.3 is 5.11 Å². The summed E-state index contributed by atoms with van der Waals surface area (Å²) >= 11 is 1.08. The van der Waals surface area contributed by atoms with Gasteiger partial charge in [-0.05, 0) is 49.9 Å². The first-order valence-electron chi connectivity index (χ1n) is 7.77. The fraction of sp³-hybridized carbons (Fsp3) is 0.200. The van der Waals surface area contributed by atoms with Gasteiger partial charge in [0.05, 0.1) is 0 Å². The molecule has 0 aliphatic heterocycles. The summed E-state index contributed by atoms with van der Waals surface area (Å²) in [4.78, 5) is 17.1. The first-order valence-corrected chi connectivity index (χ1v) is 8.58. The van der Waals surface area contributed by atoms with E-state index in [1.807, 2.05) is 64.1 Å². The fourth-order valence-electron chi connectivity index (χ4n) is 3.12. The number of benzene rings is 2. The molecule has 0 unspecified atom stereocenters. The number of aromatic hydroxyl groups is 1. The Hall–Kier alpha value is -2.46. The Morgan fingerprint density at radius 2 is 1.54 bits per heavy atom. The quantitative estimate of drug-likeness (QED) is 0.732. The molecule has 0 radical (unpaired) electrons. The van der Waals surface area contributed by atoms with Gasteiger partial charge in [-0.25, -0.2) is 4.98 Å². The van der Waals surface area contributed by atoms with Gasteiger partial charge in [0.15, 0.2) is 0 Å². The second-order valence-corrected chi connectivity index (χ2v) is 7.06. The molecule has 0 atom stereocenters. The van der Waals surface area contributed by atoms with Gasteiger partial charge in [0.25, 0.3) is 0 Å². The van der Waals surface area contributed by atoms with Crippen molar-refractivity contribution in [2.45, 2.75) is 27.7 Å². The van der Waals surface area contributed by atoms with Gasteiger partial charge in [-0.3, -0.25) is 4.79 Å². The van der Waals surface area contributed by atoms with Crippen LogP contribution >= 0.6 is 11.3 Å². The molecule has 0 amide bonds. The van der Waals surface area contributed by atoms with Crippen LogP contribution in [0.2, 0.25) is 0 Å². The Kier molecular flexibility index (Phi) is 4.24. The molecule has 0 spiro atoms. The average molecular weight is 337 g/mol. The van der Waals surface area contributed by atoms with Crippen LogP contribution in [0.5, 0.6) is 5.88 Å². The maximum Gasteiger partial charge on any atom is 0.247 e. The Labute approximate surface area is 145 Å². The van der Waals surface area contributed by atoms with Crippen LogP contribution in [0.15, 0.2) is 41.2 Å². The van der Waals surface area contributed by atoms with Crippen LogP contribution in [0.25, 0.3) is 21.7 Å². The third-order valence-electron chi connectivity index (χ3n) is 4.13. The zero-order valence-electron chi connectivity index (χ0n) is 14.2. The van der Waals surface area contributed by atoms with E-state index in [1.54, 1.807) is 0 Å². The molecule has 3 aromatic rings. The summed E-state index contributed by atoms with van der Waals surface area (Å²) in [5.41, 5.74) is 6.05. The highest BCUT2D eigenvalue weighted by molar-refractivity contribution is 7.12. The molecule has 0 fully saturated rings. The first kappa shape index (κ1) is 16.4. The summed E-state index contributed by atoms with van der Waals surface area (Å²) in [7, 11) is 0. The van der Waals surface area contributed by atoms with Crippen molar-refractivity contribution in [2.75, 3.05) is 0 Å². The van der Waals surface area contributed by atoms with Crippen molar-refractivity contribution >= 4 is 11.3 Å². The van der Waals surface area contributed by atoms with E-state index < -0.39 is 0 Å². The SMILES string of the molecule is Cc1cc(C)c(-c2c(O)nc(-c3ccccc3C)sc2=O)c(C)c1. The van der Waals surface area contributed by atoms with Gasteiger partial charge in [0.2, 0.25) is 10.6 Å². The first-order chi connectivity index (χ1) is 11.4. The monoisotopic (exact) mass is 337 g/mol. The van der Waals surface area contributed by atoms with Gasteiger partial charge >= 0.3 is 0 Å². The molecule has 3 rings (SSSR count). The normalized spacial score (nSPS) is 10.8. The second kappa shape index (κ2) is 6.21. The minimum atomic E-state index is -0.202. The Morgan fingerprint density at radius 1 is 0.917 bits per heavy atom. The summed E-state index contributed by atoms with van der Waals surface area (Å²) in [6.07, 6.45) is 0. The molecule has 1 aromatic heterocycles. The maximum atomic E-state index is 12.8. The lowest BCUT2D eigenvalue weighted by atomic mass is 9.95. The molecule has 0 aliphatic rings. The van der Waals surface area contributed by atoms with Crippen molar-refractivity contribution in [3.8, 4) is 27.6 Å². The molecule has 24 heavy (non-hydrogen) atoms. The van der Waals surface area contributed by atoms with E-state index in [1.165, 1.54) is 0 Å². The number of hydrogen-bond donors (Lipinski definition) is 1. The number of aromatic nitrogens is 1.